The molecular weight excluding hydrogens is 261 g/mol. The summed E-state index contributed by atoms with van der Waals surface area (Å²) in [6, 6.07) is 6.14. The van der Waals surface area contributed by atoms with E-state index in [1.807, 2.05) is 0 Å². The van der Waals surface area contributed by atoms with Crippen LogP contribution in [0.5, 0.6) is 0 Å². The summed E-state index contributed by atoms with van der Waals surface area (Å²) < 4.78 is 12.7. The molecule has 1 amide bonds. The van der Waals surface area contributed by atoms with Crippen LogP contribution in [0.25, 0.3) is 0 Å². The van der Waals surface area contributed by atoms with E-state index in [2.05, 4.69) is 20.7 Å². The van der Waals surface area contributed by atoms with Gasteiger partial charge in [-0.1, -0.05) is 12.1 Å². The quantitative estimate of drug-likeness (QED) is 0.556. The molecule has 0 radical (unpaired) electrons. The zero-order valence-electron chi connectivity index (χ0n) is 10.6. The standard InChI is InChI=1S/C13H14FN5O/c14-10-3-1-9(2-4-10)5-6-17-13(20)11-7-16-8-12(18-11)19-15/h1-4,7-8H,5-6,15H2,(H,17,20)(H,18,19). The van der Waals surface area contributed by atoms with Crippen molar-refractivity contribution in [1.29, 1.82) is 0 Å². The zero-order chi connectivity index (χ0) is 14.4. The first-order valence-corrected chi connectivity index (χ1v) is 6.00. The zero-order valence-corrected chi connectivity index (χ0v) is 10.6. The van der Waals surface area contributed by atoms with Crippen LogP contribution in [0.1, 0.15) is 16.1 Å². The van der Waals surface area contributed by atoms with Crippen LogP contribution in [0, 0.1) is 5.82 Å². The van der Waals surface area contributed by atoms with Crippen LogP contribution in [0.4, 0.5) is 10.2 Å². The van der Waals surface area contributed by atoms with Crippen molar-refractivity contribution in [3.05, 3.63) is 53.7 Å². The minimum atomic E-state index is -0.336. The number of nitrogens with zero attached hydrogens (tertiary/aromatic N) is 2. The summed E-state index contributed by atoms with van der Waals surface area (Å²) in [4.78, 5) is 19.6. The van der Waals surface area contributed by atoms with Gasteiger partial charge in [-0.3, -0.25) is 9.78 Å². The van der Waals surface area contributed by atoms with Gasteiger partial charge >= 0.3 is 0 Å². The van der Waals surface area contributed by atoms with Crippen LogP contribution in [-0.4, -0.2) is 22.4 Å². The summed E-state index contributed by atoms with van der Waals surface area (Å²) in [6.07, 6.45) is 3.37. The molecule has 6 nitrogen and oxygen atoms in total. The molecule has 2 aromatic rings. The highest BCUT2D eigenvalue weighted by Crippen LogP contribution is 2.03. The number of hydrogen-bond acceptors (Lipinski definition) is 5. The molecule has 1 aromatic carbocycles. The first-order chi connectivity index (χ1) is 9.69. The number of carbonyl (C=O) groups is 1. The van der Waals surface area contributed by atoms with E-state index in [9.17, 15) is 9.18 Å². The van der Waals surface area contributed by atoms with E-state index >= 15 is 0 Å². The van der Waals surface area contributed by atoms with Gasteiger partial charge in [-0.2, -0.15) is 0 Å². The largest absolute Gasteiger partial charge is 0.350 e. The number of carbonyl (C=O) groups excluding carboxylic acids is 1. The molecule has 0 fully saturated rings. The summed E-state index contributed by atoms with van der Waals surface area (Å²) in [6.45, 7) is 0.423. The maximum atomic E-state index is 12.7. The Morgan fingerprint density at radius 1 is 1.25 bits per heavy atom. The number of nitrogen functional groups attached to an aromatic ring is 1. The van der Waals surface area contributed by atoms with Gasteiger partial charge in [0.25, 0.3) is 5.91 Å². The average Bonchev–Trinajstić information content (AvgIpc) is 2.49. The second-order valence-electron chi connectivity index (χ2n) is 4.07. The molecule has 0 spiro atoms. The normalized spacial score (nSPS) is 10.1. The number of aromatic nitrogens is 2. The van der Waals surface area contributed by atoms with Crippen molar-refractivity contribution < 1.29 is 9.18 Å². The molecule has 2 rings (SSSR count). The molecule has 104 valence electrons. The van der Waals surface area contributed by atoms with Gasteiger partial charge in [0.2, 0.25) is 0 Å². The predicted octanol–water partition coefficient (Wildman–Crippen LogP) is 0.874. The van der Waals surface area contributed by atoms with E-state index in [4.69, 9.17) is 5.84 Å². The minimum Gasteiger partial charge on any atom is -0.350 e. The van der Waals surface area contributed by atoms with Crippen molar-refractivity contribution in [1.82, 2.24) is 15.3 Å². The molecule has 1 heterocycles. The summed E-state index contributed by atoms with van der Waals surface area (Å²) >= 11 is 0. The lowest BCUT2D eigenvalue weighted by Crippen LogP contribution is -2.27. The van der Waals surface area contributed by atoms with E-state index in [1.54, 1.807) is 12.1 Å². The fraction of sp³-hybridized carbons (Fsp3) is 0.154. The van der Waals surface area contributed by atoms with E-state index in [1.165, 1.54) is 24.5 Å². The number of hydrogen-bond donors (Lipinski definition) is 3. The summed E-state index contributed by atoms with van der Waals surface area (Å²) in [5.41, 5.74) is 3.44. The van der Waals surface area contributed by atoms with Crippen molar-refractivity contribution in [3.63, 3.8) is 0 Å². The van der Waals surface area contributed by atoms with Gasteiger partial charge in [0.05, 0.1) is 12.4 Å². The van der Waals surface area contributed by atoms with Gasteiger partial charge < -0.3 is 10.7 Å². The first-order valence-electron chi connectivity index (χ1n) is 6.00. The summed E-state index contributed by atoms with van der Waals surface area (Å²) in [7, 11) is 0. The molecule has 0 atom stereocenters. The number of halogens is 1. The first kappa shape index (κ1) is 13.9. The van der Waals surface area contributed by atoms with Gasteiger partial charge in [0.15, 0.2) is 5.82 Å². The monoisotopic (exact) mass is 275 g/mol. The molecule has 0 unspecified atom stereocenters. The van der Waals surface area contributed by atoms with Crippen LogP contribution in [0.2, 0.25) is 0 Å². The van der Waals surface area contributed by atoms with Crippen molar-refractivity contribution in [2.75, 3.05) is 12.0 Å². The lowest BCUT2D eigenvalue weighted by Gasteiger charge is -2.06. The third kappa shape index (κ3) is 3.72. The summed E-state index contributed by atoms with van der Waals surface area (Å²) in [5.74, 6) is 4.89. The molecule has 7 heteroatoms. The number of nitrogens with one attached hydrogen (secondary N) is 2. The number of anilines is 1. The number of amides is 1. The second kappa shape index (κ2) is 6.58. The Bertz CT molecular complexity index is 588. The van der Waals surface area contributed by atoms with E-state index < -0.39 is 0 Å². The molecular formula is C13H14FN5O. The van der Waals surface area contributed by atoms with Gasteiger partial charge in [0.1, 0.15) is 11.5 Å². The molecule has 20 heavy (non-hydrogen) atoms. The van der Waals surface area contributed by atoms with E-state index in [0.29, 0.717) is 18.8 Å². The maximum absolute atomic E-state index is 12.7. The molecule has 0 saturated heterocycles. The number of benzene rings is 1. The molecule has 0 aliphatic heterocycles. The number of rotatable bonds is 5. The SMILES string of the molecule is NNc1cncc(C(=O)NCCc2ccc(F)cc2)n1. The van der Waals surface area contributed by atoms with E-state index in [-0.39, 0.29) is 17.4 Å². The second-order valence-corrected chi connectivity index (χ2v) is 4.07. The molecule has 0 aliphatic rings. The van der Waals surface area contributed by atoms with Crippen molar-refractivity contribution in [3.8, 4) is 0 Å². The highest BCUT2D eigenvalue weighted by molar-refractivity contribution is 5.92. The Kier molecular flexibility index (Phi) is 4.56. The van der Waals surface area contributed by atoms with E-state index in [0.717, 1.165) is 5.56 Å². The molecule has 0 aliphatic carbocycles. The van der Waals surface area contributed by atoms with Crippen molar-refractivity contribution in [2.24, 2.45) is 5.84 Å². The van der Waals surface area contributed by atoms with Gasteiger partial charge in [0, 0.05) is 6.54 Å². The van der Waals surface area contributed by atoms with Gasteiger partial charge in [-0.25, -0.2) is 15.2 Å². The van der Waals surface area contributed by atoms with Crippen LogP contribution in [-0.2, 0) is 6.42 Å². The van der Waals surface area contributed by atoms with Gasteiger partial charge in [-0.15, -0.1) is 0 Å². The number of nitrogens with two attached hydrogens (primary N) is 1. The Morgan fingerprint density at radius 2 is 2.00 bits per heavy atom. The maximum Gasteiger partial charge on any atom is 0.271 e. The van der Waals surface area contributed by atoms with Gasteiger partial charge in [-0.05, 0) is 24.1 Å². The van der Waals surface area contributed by atoms with Crippen LogP contribution < -0.4 is 16.6 Å². The smallest absolute Gasteiger partial charge is 0.271 e. The Morgan fingerprint density at radius 3 is 2.70 bits per heavy atom. The lowest BCUT2D eigenvalue weighted by molar-refractivity contribution is 0.0949. The molecule has 4 N–H and O–H groups in total. The average molecular weight is 275 g/mol. The van der Waals surface area contributed by atoms with Crippen LogP contribution in [0.3, 0.4) is 0 Å². The Hall–Kier alpha value is -2.54. The Labute approximate surface area is 115 Å². The van der Waals surface area contributed by atoms with Crippen molar-refractivity contribution in [2.45, 2.75) is 6.42 Å². The fourth-order valence-electron chi connectivity index (χ4n) is 1.61. The summed E-state index contributed by atoms with van der Waals surface area (Å²) in [5, 5.41) is 2.71. The molecule has 1 aromatic heterocycles. The highest BCUT2D eigenvalue weighted by Gasteiger charge is 2.07. The molecule has 0 bridgehead atoms. The minimum absolute atomic E-state index is 0.180. The topological polar surface area (TPSA) is 92.9 Å². The van der Waals surface area contributed by atoms with Crippen LogP contribution >= 0.6 is 0 Å². The predicted molar refractivity (Wildman–Crippen MR) is 72.3 cm³/mol. The third-order valence-corrected chi connectivity index (χ3v) is 2.63. The van der Waals surface area contributed by atoms with Crippen LogP contribution in [0.15, 0.2) is 36.7 Å². The fourth-order valence-corrected chi connectivity index (χ4v) is 1.61. The van der Waals surface area contributed by atoms with Crippen molar-refractivity contribution >= 4 is 11.7 Å². The number of hydrazine groups is 1. The third-order valence-electron chi connectivity index (χ3n) is 2.63. The lowest BCUT2D eigenvalue weighted by atomic mass is 10.1. The molecule has 0 saturated carbocycles. The Balaban J connectivity index is 1.87. The highest BCUT2D eigenvalue weighted by atomic mass is 19.1.